The lowest BCUT2D eigenvalue weighted by Crippen LogP contribution is -2.36. The predicted molar refractivity (Wildman–Crippen MR) is 106 cm³/mol. The summed E-state index contributed by atoms with van der Waals surface area (Å²) in [6, 6.07) is 13.6. The molecule has 6 heteroatoms. The van der Waals surface area contributed by atoms with Crippen molar-refractivity contribution in [1.82, 2.24) is 10.2 Å². The average Bonchev–Trinajstić information content (AvgIpc) is 2.67. The highest BCUT2D eigenvalue weighted by atomic mass is 35.5. The molecule has 27 heavy (non-hydrogen) atoms. The molecular formula is C21H25ClN2O3. The van der Waals surface area contributed by atoms with Crippen molar-refractivity contribution >= 4 is 17.5 Å². The van der Waals surface area contributed by atoms with Gasteiger partial charge in [-0.25, -0.2) is 0 Å². The normalized spacial score (nSPS) is 14.7. The van der Waals surface area contributed by atoms with Gasteiger partial charge in [-0.15, -0.1) is 0 Å². The maximum atomic E-state index is 12.2. The van der Waals surface area contributed by atoms with Crippen molar-refractivity contribution in [2.45, 2.75) is 20.0 Å². The number of carbonyl (C=O) groups is 1. The van der Waals surface area contributed by atoms with Gasteiger partial charge < -0.3 is 14.8 Å². The van der Waals surface area contributed by atoms with Crippen LogP contribution in [0.2, 0.25) is 5.02 Å². The fourth-order valence-electron chi connectivity index (χ4n) is 3.05. The number of morpholine rings is 1. The first-order valence-electron chi connectivity index (χ1n) is 9.14. The lowest BCUT2D eigenvalue weighted by molar-refractivity contribution is -0.123. The zero-order chi connectivity index (χ0) is 19.1. The summed E-state index contributed by atoms with van der Waals surface area (Å²) in [6.07, 6.45) is 0. The molecular weight excluding hydrogens is 364 g/mol. The first kappa shape index (κ1) is 19.7. The maximum Gasteiger partial charge on any atom is 0.258 e. The Kier molecular flexibility index (Phi) is 7.10. The number of halogens is 1. The number of amides is 1. The first-order valence-corrected chi connectivity index (χ1v) is 9.52. The summed E-state index contributed by atoms with van der Waals surface area (Å²) < 4.78 is 11.0. The van der Waals surface area contributed by atoms with Crippen molar-refractivity contribution in [1.29, 1.82) is 0 Å². The predicted octanol–water partition coefficient (Wildman–Crippen LogP) is 3.18. The molecule has 0 unspecified atom stereocenters. The van der Waals surface area contributed by atoms with Crippen LogP contribution in [0.5, 0.6) is 5.75 Å². The smallest absolute Gasteiger partial charge is 0.258 e. The molecule has 0 saturated carbocycles. The van der Waals surface area contributed by atoms with E-state index in [9.17, 15) is 4.79 Å². The number of nitrogens with one attached hydrogen (secondary N) is 1. The summed E-state index contributed by atoms with van der Waals surface area (Å²) in [5.41, 5.74) is 3.26. The average molecular weight is 389 g/mol. The minimum atomic E-state index is -0.148. The lowest BCUT2D eigenvalue weighted by Gasteiger charge is -2.27. The maximum absolute atomic E-state index is 12.2. The van der Waals surface area contributed by atoms with Crippen LogP contribution in [0, 0.1) is 6.92 Å². The monoisotopic (exact) mass is 388 g/mol. The molecule has 0 radical (unpaired) electrons. The third-order valence-electron chi connectivity index (χ3n) is 4.59. The van der Waals surface area contributed by atoms with Gasteiger partial charge in [0.1, 0.15) is 5.75 Å². The first-order chi connectivity index (χ1) is 13.1. The van der Waals surface area contributed by atoms with E-state index in [0.717, 1.165) is 44.0 Å². The van der Waals surface area contributed by atoms with Crippen LogP contribution >= 0.6 is 11.6 Å². The number of hydrogen-bond donors (Lipinski definition) is 1. The van der Waals surface area contributed by atoms with Gasteiger partial charge in [-0.3, -0.25) is 9.69 Å². The van der Waals surface area contributed by atoms with Gasteiger partial charge in [-0.2, -0.15) is 0 Å². The molecule has 1 aliphatic heterocycles. The Bertz CT molecular complexity index is 776. The number of rotatable bonds is 7. The number of benzene rings is 2. The van der Waals surface area contributed by atoms with E-state index in [1.165, 1.54) is 5.56 Å². The molecule has 0 spiro atoms. The third-order valence-corrected chi connectivity index (χ3v) is 4.82. The topological polar surface area (TPSA) is 50.8 Å². The van der Waals surface area contributed by atoms with Crippen molar-refractivity contribution in [2.75, 3.05) is 32.9 Å². The molecule has 0 aromatic heterocycles. The van der Waals surface area contributed by atoms with Crippen molar-refractivity contribution < 1.29 is 14.3 Å². The van der Waals surface area contributed by atoms with Crippen LogP contribution in [0.1, 0.15) is 16.7 Å². The summed E-state index contributed by atoms with van der Waals surface area (Å²) in [6.45, 7) is 6.68. The van der Waals surface area contributed by atoms with Gasteiger partial charge >= 0.3 is 0 Å². The Hall–Kier alpha value is -2.08. The molecule has 5 nitrogen and oxygen atoms in total. The number of ether oxygens (including phenoxy) is 2. The summed E-state index contributed by atoms with van der Waals surface area (Å²) in [4.78, 5) is 14.6. The number of carbonyl (C=O) groups excluding carboxylic acids is 1. The molecule has 1 fully saturated rings. The molecule has 2 aromatic rings. The quantitative estimate of drug-likeness (QED) is 0.791. The highest BCUT2D eigenvalue weighted by Crippen LogP contribution is 2.21. The van der Waals surface area contributed by atoms with Gasteiger partial charge in [0, 0.05) is 31.2 Å². The van der Waals surface area contributed by atoms with Crippen LogP contribution in [0.25, 0.3) is 0 Å². The van der Waals surface area contributed by atoms with E-state index in [2.05, 4.69) is 22.3 Å². The Morgan fingerprint density at radius 1 is 1.19 bits per heavy atom. The molecule has 0 atom stereocenters. The van der Waals surface area contributed by atoms with E-state index in [1.807, 2.05) is 25.1 Å². The summed E-state index contributed by atoms with van der Waals surface area (Å²) >= 11 is 5.94. The minimum Gasteiger partial charge on any atom is -0.484 e. The standard InChI is InChI=1S/C21H25ClN2O3/c1-16-12-19(22)6-7-20(16)27-15-21(25)23-13-17-4-2-3-5-18(17)14-24-8-10-26-11-9-24/h2-7,12H,8-11,13-15H2,1H3,(H,23,25). The molecule has 1 heterocycles. The van der Waals surface area contributed by atoms with Crippen LogP contribution in [0.15, 0.2) is 42.5 Å². The molecule has 144 valence electrons. The van der Waals surface area contributed by atoms with Crippen molar-refractivity contribution in [3.8, 4) is 5.75 Å². The molecule has 1 N–H and O–H groups in total. The molecule has 1 amide bonds. The molecule has 2 aromatic carbocycles. The van der Waals surface area contributed by atoms with Gasteiger partial charge in [-0.1, -0.05) is 35.9 Å². The zero-order valence-corrected chi connectivity index (χ0v) is 16.3. The van der Waals surface area contributed by atoms with E-state index in [-0.39, 0.29) is 12.5 Å². The zero-order valence-electron chi connectivity index (χ0n) is 15.5. The van der Waals surface area contributed by atoms with Crippen molar-refractivity contribution in [3.05, 3.63) is 64.2 Å². The second-order valence-corrected chi connectivity index (χ2v) is 7.07. The second-order valence-electron chi connectivity index (χ2n) is 6.63. The van der Waals surface area contributed by atoms with Gasteiger partial charge in [0.15, 0.2) is 6.61 Å². The molecule has 3 rings (SSSR count). The highest BCUT2D eigenvalue weighted by Gasteiger charge is 2.13. The van der Waals surface area contributed by atoms with Crippen LogP contribution in [0.3, 0.4) is 0 Å². The molecule has 0 bridgehead atoms. The van der Waals surface area contributed by atoms with Gasteiger partial charge in [0.05, 0.1) is 13.2 Å². The minimum absolute atomic E-state index is 0.0197. The summed E-state index contributed by atoms with van der Waals surface area (Å²) in [5.74, 6) is 0.521. The number of aryl methyl sites for hydroxylation is 1. The Morgan fingerprint density at radius 3 is 2.67 bits per heavy atom. The van der Waals surface area contributed by atoms with Gasteiger partial charge in [0.2, 0.25) is 0 Å². The summed E-state index contributed by atoms with van der Waals surface area (Å²) in [5, 5.41) is 3.60. The summed E-state index contributed by atoms with van der Waals surface area (Å²) in [7, 11) is 0. The number of hydrogen-bond acceptors (Lipinski definition) is 4. The lowest BCUT2D eigenvalue weighted by atomic mass is 10.1. The van der Waals surface area contributed by atoms with Crippen molar-refractivity contribution in [3.63, 3.8) is 0 Å². The highest BCUT2D eigenvalue weighted by molar-refractivity contribution is 6.30. The fourth-order valence-corrected chi connectivity index (χ4v) is 3.27. The van der Waals surface area contributed by atoms with Crippen LogP contribution < -0.4 is 10.1 Å². The fraction of sp³-hybridized carbons (Fsp3) is 0.381. The van der Waals surface area contributed by atoms with E-state index < -0.39 is 0 Å². The van der Waals surface area contributed by atoms with Crippen LogP contribution in [-0.2, 0) is 22.6 Å². The van der Waals surface area contributed by atoms with Gasteiger partial charge in [-0.05, 0) is 41.8 Å². The molecule has 1 saturated heterocycles. The Balaban J connectivity index is 1.51. The largest absolute Gasteiger partial charge is 0.484 e. The van der Waals surface area contributed by atoms with Crippen LogP contribution in [0.4, 0.5) is 0 Å². The van der Waals surface area contributed by atoms with Gasteiger partial charge in [0.25, 0.3) is 5.91 Å². The van der Waals surface area contributed by atoms with E-state index in [4.69, 9.17) is 21.1 Å². The van der Waals surface area contributed by atoms with Crippen LogP contribution in [-0.4, -0.2) is 43.7 Å². The van der Waals surface area contributed by atoms with E-state index in [0.29, 0.717) is 17.3 Å². The Labute approximate surface area is 165 Å². The second kappa shape index (κ2) is 9.74. The Morgan fingerprint density at radius 2 is 1.93 bits per heavy atom. The third kappa shape index (κ3) is 5.96. The van der Waals surface area contributed by atoms with E-state index in [1.54, 1.807) is 12.1 Å². The molecule has 0 aliphatic carbocycles. The molecule has 1 aliphatic rings. The number of nitrogens with zero attached hydrogens (tertiary/aromatic N) is 1. The SMILES string of the molecule is Cc1cc(Cl)ccc1OCC(=O)NCc1ccccc1CN1CCOCC1. The van der Waals surface area contributed by atoms with Crippen molar-refractivity contribution in [2.24, 2.45) is 0 Å². The van der Waals surface area contributed by atoms with E-state index >= 15 is 0 Å².